The lowest BCUT2D eigenvalue weighted by Gasteiger charge is -2.09. The molecule has 0 saturated heterocycles. The van der Waals surface area contributed by atoms with Crippen molar-refractivity contribution in [1.29, 1.82) is 0 Å². The number of rotatable bonds is 2. The smallest absolute Gasteiger partial charge is 0.235 e. The van der Waals surface area contributed by atoms with Crippen molar-refractivity contribution in [3.8, 4) is 0 Å². The third-order valence-electron chi connectivity index (χ3n) is 3.02. The van der Waals surface area contributed by atoms with Crippen molar-refractivity contribution < 1.29 is 8.42 Å². The summed E-state index contributed by atoms with van der Waals surface area (Å²) in [4.78, 5) is 8.06. The molecule has 2 aromatic heterocycles. The van der Waals surface area contributed by atoms with Crippen LogP contribution in [-0.2, 0) is 10.0 Å². The topological polar surface area (TPSA) is 64.8 Å². The Morgan fingerprint density at radius 1 is 1.19 bits per heavy atom. The molecule has 3 rings (SSSR count). The van der Waals surface area contributed by atoms with Crippen LogP contribution in [0.2, 0.25) is 5.15 Å². The van der Waals surface area contributed by atoms with E-state index in [4.69, 9.17) is 11.6 Å². The minimum Gasteiger partial charge on any atom is -0.235 e. The Bertz CT molecular complexity index is 936. The molecule has 0 aliphatic rings. The van der Waals surface area contributed by atoms with Crippen LogP contribution in [0.15, 0.2) is 46.2 Å². The van der Waals surface area contributed by atoms with Crippen LogP contribution >= 0.6 is 27.5 Å². The van der Waals surface area contributed by atoms with Crippen LogP contribution < -0.4 is 0 Å². The summed E-state index contributed by atoms with van der Waals surface area (Å²) in [7, 11) is -3.79. The van der Waals surface area contributed by atoms with Crippen LogP contribution in [0, 0.1) is 6.92 Å². The molecule has 0 amide bonds. The maximum Gasteiger partial charge on any atom is 0.269 e. The van der Waals surface area contributed by atoms with Gasteiger partial charge in [0.15, 0.2) is 5.15 Å². The van der Waals surface area contributed by atoms with Crippen LogP contribution in [0.4, 0.5) is 0 Å². The van der Waals surface area contributed by atoms with E-state index in [1.807, 2.05) is 6.92 Å². The van der Waals surface area contributed by atoms with E-state index in [1.165, 1.54) is 6.33 Å². The Hall–Kier alpha value is -1.44. The fourth-order valence-corrected chi connectivity index (χ4v) is 4.63. The maximum atomic E-state index is 12.8. The second-order valence-corrected chi connectivity index (χ2v) is 7.41. The summed E-state index contributed by atoms with van der Waals surface area (Å²) in [6.45, 7) is 1.89. The molecular formula is C13H9BrClN3O2S. The largest absolute Gasteiger partial charge is 0.269 e. The number of nitrogens with zero attached hydrogens (tertiary/aromatic N) is 3. The van der Waals surface area contributed by atoms with E-state index in [0.29, 0.717) is 10.1 Å². The summed E-state index contributed by atoms with van der Waals surface area (Å²) in [5.74, 6) is 0. The summed E-state index contributed by atoms with van der Waals surface area (Å²) in [5.41, 5.74) is 1.69. The first-order valence-electron chi connectivity index (χ1n) is 5.91. The molecule has 5 nitrogen and oxygen atoms in total. The quantitative estimate of drug-likeness (QED) is 0.633. The molecule has 2 heterocycles. The van der Waals surface area contributed by atoms with Crippen molar-refractivity contribution in [2.24, 2.45) is 0 Å². The van der Waals surface area contributed by atoms with Crippen LogP contribution in [0.25, 0.3) is 11.0 Å². The summed E-state index contributed by atoms with van der Waals surface area (Å²) < 4.78 is 27.1. The van der Waals surface area contributed by atoms with E-state index in [-0.39, 0.29) is 15.6 Å². The Morgan fingerprint density at radius 3 is 2.52 bits per heavy atom. The SMILES string of the molecule is Cc1ccc(S(=O)(=O)n2c(Br)cc3ncnc(Cl)c32)cc1. The molecule has 108 valence electrons. The highest BCUT2D eigenvalue weighted by atomic mass is 79.9. The molecule has 0 fully saturated rings. The minimum absolute atomic E-state index is 0.0846. The van der Waals surface area contributed by atoms with Crippen molar-refractivity contribution in [1.82, 2.24) is 13.9 Å². The molecule has 0 atom stereocenters. The number of halogens is 2. The van der Waals surface area contributed by atoms with Gasteiger partial charge in [-0.3, -0.25) is 0 Å². The number of benzene rings is 1. The van der Waals surface area contributed by atoms with Crippen LogP contribution in [0.3, 0.4) is 0 Å². The fourth-order valence-electron chi connectivity index (χ4n) is 1.99. The third kappa shape index (κ3) is 2.35. The lowest BCUT2D eigenvalue weighted by molar-refractivity contribution is 0.588. The monoisotopic (exact) mass is 385 g/mol. The van der Waals surface area contributed by atoms with Crippen LogP contribution in [-0.4, -0.2) is 22.4 Å². The van der Waals surface area contributed by atoms with E-state index in [0.717, 1.165) is 9.54 Å². The van der Waals surface area contributed by atoms with Gasteiger partial charge in [-0.25, -0.2) is 22.4 Å². The second-order valence-electron chi connectivity index (χ2n) is 4.45. The van der Waals surface area contributed by atoms with E-state index in [1.54, 1.807) is 30.3 Å². The van der Waals surface area contributed by atoms with Crippen molar-refractivity contribution in [2.45, 2.75) is 11.8 Å². The second kappa shape index (κ2) is 5.08. The van der Waals surface area contributed by atoms with Gasteiger partial charge in [0.05, 0.1) is 10.4 Å². The lowest BCUT2D eigenvalue weighted by Crippen LogP contribution is -2.13. The molecule has 0 saturated carbocycles. The first-order valence-corrected chi connectivity index (χ1v) is 8.52. The molecule has 0 radical (unpaired) electrons. The standard InChI is InChI=1S/C13H9BrClN3O2S/c1-8-2-4-9(5-3-8)21(19,20)18-11(14)6-10-12(18)13(15)17-7-16-10/h2-7H,1H3. The van der Waals surface area contributed by atoms with Crippen molar-refractivity contribution in [2.75, 3.05) is 0 Å². The average Bonchev–Trinajstić information content (AvgIpc) is 2.77. The molecule has 0 aliphatic carbocycles. The minimum atomic E-state index is -3.79. The highest BCUT2D eigenvalue weighted by Gasteiger charge is 2.24. The summed E-state index contributed by atoms with van der Waals surface area (Å²) >= 11 is 9.29. The Balaban J connectivity index is 2.34. The van der Waals surface area contributed by atoms with Crippen molar-refractivity contribution in [3.63, 3.8) is 0 Å². The van der Waals surface area contributed by atoms with Gasteiger partial charge in [0.1, 0.15) is 16.4 Å². The maximum absolute atomic E-state index is 12.8. The van der Waals surface area contributed by atoms with Gasteiger partial charge in [-0.05, 0) is 41.1 Å². The molecule has 0 N–H and O–H groups in total. The van der Waals surface area contributed by atoms with Crippen molar-refractivity contribution in [3.05, 3.63) is 52.0 Å². The molecule has 8 heteroatoms. The first kappa shape index (κ1) is 14.5. The molecule has 21 heavy (non-hydrogen) atoms. The third-order valence-corrected chi connectivity index (χ3v) is 5.84. The normalized spacial score (nSPS) is 12.0. The highest BCUT2D eigenvalue weighted by Crippen LogP contribution is 2.31. The first-order chi connectivity index (χ1) is 9.91. The molecule has 0 bridgehead atoms. The Labute approximate surface area is 134 Å². The van der Waals surface area contributed by atoms with Gasteiger partial charge in [0.2, 0.25) is 0 Å². The number of aryl methyl sites for hydroxylation is 1. The van der Waals surface area contributed by atoms with Gasteiger partial charge < -0.3 is 0 Å². The van der Waals surface area contributed by atoms with Crippen molar-refractivity contribution >= 4 is 48.6 Å². The van der Waals surface area contributed by atoms with Gasteiger partial charge in [-0.15, -0.1) is 0 Å². The number of hydrogen-bond acceptors (Lipinski definition) is 4. The predicted molar refractivity (Wildman–Crippen MR) is 84.0 cm³/mol. The highest BCUT2D eigenvalue weighted by molar-refractivity contribution is 9.10. The zero-order valence-electron chi connectivity index (χ0n) is 10.8. The average molecular weight is 387 g/mol. The van der Waals surface area contributed by atoms with Gasteiger partial charge in [-0.2, -0.15) is 0 Å². The van der Waals surface area contributed by atoms with Gasteiger partial charge in [0, 0.05) is 0 Å². The molecule has 3 aromatic rings. The zero-order chi connectivity index (χ0) is 15.2. The van der Waals surface area contributed by atoms with E-state index in [2.05, 4.69) is 25.9 Å². The predicted octanol–water partition coefficient (Wildman–Crippen LogP) is 3.39. The molecule has 0 aliphatic heterocycles. The molecule has 0 spiro atoms. The Kier molecular flexibility index (Phi) is 3.51. The number of fused-ring (bicyclic) bond motifs is 1. The van der Waals surface area contributed by atoms with E-state index < -0.39 is 10.0 Å². The molecular weight excluding hydrogens is 378 g/mol. The summed E-state index contributed by atoms with van der Waals surface area (Å²) in [5, 5.41) is 0.0846. The Morgan fingerprint density at radius 2 is 1.86 bits per heavy atom. The van der Waals surface area contributed by atoms with Gasteiger partial charge in [0.25, 0.3) is 10.0 Å². The zero-order valence-corrected chi connectivity index (χ0v) is 13.9. The van der Waals surface area contributed by atoms with Crippen LogP contribution in [0.5, 0.6) is 0 Å². The van der Waals surface area contributed by atoms with E-state index in [9.17, 15) is 8.42 Å². The fraction of sp³-hybridized carbons (Fsp3) is 0.0769. The lowest BCUT2D eigenvalue weighted by atomic mass is 10.2. The van der Waals surface area contributed by atoms with Gasteiger partial charge in [-0.1, -0.05) is 29.3 Å². The number of aromatic nitrogens is 3. The summed E-state index contributed by atoms with van der Waals surface area (Å²) in [6, 6.07) is 8.19. The molecule has 0 unspecified atom stereocenters. The van der Waals surface area contributed by atoms with Gasteiger partial charge >= 0.3 is 0 Å². The summed E-state index contributed by atoms with van der Waals surface area (Å²) in [6.07, 6.45) is 1.29. The number of hydrogen-bond donors (Lipinski definition) is 0. The van der Waals surface area contributed by atoms with Crippen LogP contribution in [0.1, 0.15) is 5.56 Å². The molecule has 1 aromatic carbocycles. The van der Waals surface area contributed by atoms with E-state index >= 15 is 0 Å².